The Labute approximate surface area is 99.1 Å². The molecular weight excluding hydrogens is 220 g/mol. The zero-order valence-electron chi connectivity index (χ0n) is 9.59. The molecule has 2 heterocycles. The zero-order chi connectivity index (χ0) is 12.4. The van der Waals surface area contributed by atoms with Gasteiger partial charge in [0.05, 0.1) is 17.2 Å². The number of aliphatic hydroxyl groups is 1. The van der Waals surface area contributed by atoms with Crippen molar-refractivity contribution in [3.05, 3.63) is 29.6 Å². The molecule has 17 heavy (non-hydrogen) atoms. The average Bonchev–Trinajstić information content (AvgIpc) is 2.54. The summed E-state index contributed by atoms with van der Waals surface area (Å²) in [6, 6.07) is 1.56. The number of amides is 2. The fourth-order valence-electron chi connectivity index (χ4n) is 1.88. The Hall–Kier alpha value is -1.75. The highest BCUT2D eigenvalue weighted by Gasteiger charge is 2.34. The molecule has 5 heteroatoms. The van der Waals surface area contributed by atoms with Crippen LogP contribution in [0.2, 0.25) is 0 Å². The molecule has 0 spiro atoms. The van der Waals surface area contributed by atoms with Gasteiger partial charge >= 0.3 is 0 Å². The third-order valence-corrected chi connectivity index (χ3v) is 2.78. The molecule has 0 bridgehead atoms. The fourth-order valence-corrected chi connectivity index (χ4v) is 1.88. The van der Waals surface area contributed by atoms with E-state index in [1.54, 1.807) is 13.0 Å². The monoisotopic (exact) mass is 234 g/mol. The van der Waals surface area contributed by atoms with Crippen molar-refractivity contribution in [3.63, 3.8) is 0 Å². The van der Waals surface area contributed by atoms with Gasteiger partial charge in [-0.05, 0) is 25.8 Å². The molecule has 0 radical (unpaired) electrons. The molecule has 1 atom stereocenters. The Morgan fingerprint density at radius 3 is 2.71 bits per heavy atom. The highest BCUT2D eigenvalue weighted by molar-refractivity contribution is 6.21. The minimum Gasteiger partial charge on any atom is -0.393 e. The van der Waals surface area contributed by atoms with Crippen LogP contribution in [0.25, 0.3) is 0 Å². The van der Waals surface area contributed by atoms with Crippen LogP contribution < -0.4 is 0 Å². The van der Waals surface area contributed by atoms with Crippen LogP contribution in [0, 0.1) is 0 Å². The summed E-state index contributed by atoms with van der Waals surface area (Å²) in [7, 11) is 0. The maximum absolute atomic E-state index is 11.9. The summed E-state index contributed by atoms with van der Waals surface area (Å²) in [6.07, 6.45) is 3.70. The maximum Gasteiger partial charge on any atom is 0.263 e. The lowest BCUT2D eigenvalue weighted by Crippen LogP contribution is -2.31. The van der Waals surface area contributed by atoms with E-state index in [4.69, 9.17) is 5.11 Å². The number of hydrogen-bond donors (Lipinski definition) is 1. The molecule has 2 amide bonds. The Morgan fingerprint density at radius 1 is 1.35 bits per heavy atom. The molecule has 0 fully saturated rings. The van der Waals surface area contributed by atoms with Gasteiger partial charge < -0.3 is 5.11 Å². The molecule has 1 aromatic rings. The Morgan fingerprint density at radius 2 is 2.06 bits per heavy atom. The fraction of sp³-hybridized carbons (Fsp3) is 0.417. The number of fused-ring (bicyclic) bond motifs is 1. The molecule has 0 saturated carbocycles. The first kappa shape index (κ1) is 11.7. The number of hydrogen-bond acceptors (Lipinski definition) is 4. The van der Waals surface area contributed by atoms with Gasteiger partial charge in [0.2, 0.25) is 0 Å². The summed E-state index contributed by atoms with van der Waals surface area (Å²) in [5.41, 5.74) is 0.789. The maximum atomic E-state index is 11.9. The van der Waals surface area contributed by atoms with E-state index in [0.29, 0.717) is 30.5 Å². The van der Waals surface area contributed by atoms with Gasteiger partial charge in [0.25, 0.3) is 11.8 Å². The van der Waals surface area contributed by atoms with Crippen LogP contribution in [-0.2, 0) is 0 Å². The van der Waals surface area contributed by atoms with E-state index in [2.05, 4.69) is 4.98 Å². The molecule has 1 aromatic heterocycles. The van der Waals surface area contributed by atoms with E-state index in [9.17, 15) is 9.59 Å². The van der Waals surface area contributed by atoms with Crippen LogP contribution in [-0.4, -0.2) is 39.5 Å². The topological polar surface area (TPSA) is 70.5 Å². The lowest BCUT2D eigenvalue weighted by molar-refractivity contribution is 0.0643. The predicted octanol–water partition coefficient (Wildman–Crippen LogP) is 0.839. The second kappa shape index (κ2) is 4.63. The van der Waals surface area contributed by atoms with Gasteiger partial charge in [0.1, 0.15) is 0 Å². The molecule has 1 aliphatic rings. The number of pyridine rings is 1. The molecular formula is C12H14N2O3. The number of nitrogens with zero attached hydrogens (tertiary/aromatic N) is 2. The van der Waals surface area contributed by atoms with Gasteiger partial charge in [-0.1, -0.05) is 0 Å². The summed E-state index contributed by atoms with van der Waals surface area (Å²) in [4.78, 5) is 28.8. The van der Waals surface area contributed by atoms with E-state index < -0.39 is 6.10 Å². The number of imide groups is 1. The van der Waals surface area contributed by atoms with Crippen LogP contribution in [0.15, 0.2) is 18.5 Å². The summed E-state index contributed by atoms with van der Waals surface area (Å²) < 4.78 is 0. The molecule has 2 rings (SSSR count). The highest BCUT2D eigenvalue weighted by atomic mass is 16.3. The largest absolute Gasteiger partial charge is 0.393 e. The third-order valence-electron chi connectivity index (χ3n) is 2.78. The Kier molecular flexibility index (Phi) is 3.19. The first-order chi connectivity index (χ1) is 8.11. The molecule has 90 valence electrons. The van der Waals surface area contributed by atoms with Crippen LogP contribution in [0.3, 0.4) is 0 Å². The molecule has 1 aliphatic heterocycles. The van der Waals surface area contributed by atoms with E-state index in [-0.39, 0.29) is 11.8 Å². The molecule has 0 aliphatic carbocycles. The van der Waals surface area contributed by atoms with Crippen LogP contribution in [0.5, 0.6) is 0 Å². The van der Waals surface area contributed by atoms with E-state index in [1.165, 1.54) is 17.3 Å². The lowest BCUT2D eigenvalue weighted by Gasteiger charge is -2.13. The van der Waals surface area contributed by atoms with Gasteiger partial charge in [0, 0.05) is 18.9 Å². The molecule has 0 aromatic carbocycles. The minimum atomic E-state index is -0.410. The summed E-state index contributed by atoms with van der Waals surface area (Å²) >= 11 is 0. The van der Waals surface area contributed by atoms with E-state index in [1.807, 2.05) is 0 Å². The standard InChI is InChI=1S/C12H14N2O3/c1-8(15)3-2-6-14-11(16)9-4-5-13-7-10(9)12(14)17/h4-5,7-8,15H,2-3,6H2,1H3. The Balaban J connectivity index is 2.08. The number of carbonyl (C=O) groups is 2. The SMILES string of the molecule is CC(O)CCCN1C(=O)c2ccncc2C1=O. The number of carbonyl (C=O) groups excluding carboxylic acids is 2. The minimum absolute atomic E-state index is 0.266. The summed E-state index contributed by atoms with van der Waals surface area (Å²) in [6.45, 7) is 2.03. The van der Waals surface area contributed by atoms with Gasteiger partial charge in [-0.15, -0.1) is 0 Å². The number of aromatic nitrogens is 1. The van der Waals surface area contributed by atoms with Crippen molar-refractivity contribution in [1.82, 2.24) is 9.88 Å². The number of rotatable bonds is 4. The van der Waals surface area contributed by atoms with Crippen LogP contribution in [0.4, 0.5) is 0 Å². The summed E-state index contributed by atoms with van der Waals surface area (Å²) in [5, 5.41) is 9.13. The average molecular weight is 234 g/mol. The predicted molar refractivity (Wildman–Crippen MR) is 60.5 cm³/mol. The van der Waals surface area contributed by atoms with Crippen molar-refractivity contribution in [2.75, 3.05) is 6.54 Å². The van der Waals surface area contributed by atoms with Gasteiger partial charge in [0.15, 0.2) is 0 Å². The molecule has 1 N–H and O–H groups in total. The van der Waals surface area contributed by atoms with Crippen molar-refractivity contribution >= 4 is 11.8 Å². The second-order valence-corrected chi connectivity index (χ2v) is 4.17. The van der Waals surface area contributed by atoms with Crippen molar-refractivity contribution in [3.8, 4) is 0 Å². The van der Waals surface area contributed by atoms with Crippen LogP contribution >= 0.6 is 0 Å². The first-order valence-electron chi connectivity index (χ1n) is 5.59. The second-order valence-electron chi connectivity index (χ2n) is 4.17. The van der Waals surface area contributed by atoms with Crippen molar-refractivity contribution in [2.45, 2.75) is 25.9 Å². The normalized spacial score (nSPS) is 16.2. The molecule has 5 nitrogen and oxygen atoms in total. The highest BCUT2D eigenvalue weighted by Crippen LogP contribution is 2.21. The first-order valence-corrected chi connectivity index (χ1v) is 5.59. The third kappa shape index (κ3) is 2.19. The van der Waals surface area contributed by atoms with E-state index in [0.717, 1.165) is 0 Å². The quantitative estimate of drug-likeness (QED) is 0.784. The van der Waals surface area contributed by atoms with Crippen LogP contribution in [0.1, 0.15) is 40.5 Å². The van der Waals surface area contributed by atoms with Crippen molar-refractivity contribution < 1.29 is 14.7 Å². The smallest absolute Gasteiger partial charge is 0.263 e. The van der Waals surface area contributed by atoms with Gasteiger partial charge in [-0.3, -0.25) is 19.5 Å². The van der Waals surface area contributed by atoms with Crippen molar-refractivity contribution in [1.29, 1.82) is 0 Å². The van der Waals surface area contributed by atoms with E-state index >= 15 is 0 Å². The van der Waals surface area contributed by atoms with Gasteiger partial charge in [-0.25, -0.2) is 0 Å². The van der Waals surface area contributed by atoms with Gasteiger partial charge in [-0.2, -0.15) is 0 Å². The number of aliphatic hydroxyl groups excluding tert-OH is 1. The molecule has 1 unspecified atom stereocenters. The lowest BCUT2D eigenvalue weighted by atomic mass is 10.2. The summed E-state index contributed by atoms with van der Waals surface area (Å²) in [5.74, 6) is -0.554. The molecule has 0 saturated heterocycles. The van der Waals surface area contributed by atoms with Crippen molar-refractivity contribution in [2.24, 2.45) is 0 Å². The Bertz CT molecular complexity index is 422. The zero-order valence-corrected chi connectivity index (χ0v) is 9.59.